The molecule has 29 heavy (non-hydrogen) atoms. The van der Waals surface area contributed by atoms with Gasteiger partial charge < -0.3 is 5.32 Å². The van der Waals surface area contributed by atoms with Crippen molar-refractivity contribution in [2.24, 2.45) is 5.92 Å². The van der Waals surface area contributed by atoms with Crippen LogP contribution in [0.4, 0.5) is 5.69 Å². The number of hydrogen-bond acceptors (Lipinski definition) is 3. The molecule has 4 nitrogen and oxygen atoms in total. The Bertz CT molecular complexity index is 1070. The van der Waals surface area contributed by atoms with E-state index in [1.54, 1.807) is 30.3 Å². The Hall–Kier alpha value is -3.02. The summed E-state index contributed by atoms with van der Waals surface area (Å²) >= 11 is 11.2. The van der Waals surface area contributed by atoms with Gasteiger partial charge in [0.1, 0.15) is 5.92 Å². The number of halogens is 1. The third-order valence-corrected chi connectivity index (χ3v) is 5.35. The Labute approximate surface area is 179 Å². The van der Waals surface area contributed by atoms with Crippen LogP contribution in [-0.4, -0.2) is 16.9 Å². The van der Waals surface area contributed by atoms with E-state index in [2.05, 4.69) is 11.4 Å². The number of amides is 2. The summed E-state index contributed by atoms with van der Waals surface area (Å²) < 4.78 is 0. The van der Waals surface area contributed by atoms with Crippen molar-refractivity contribution in [2.45, 2.75) is 6.42 Å². The molecule has 1 fully saturated rings. The molecule has 2 amide bonds. The second-order valence-electron chi connectivity index (χ2n) is 6.73. The summed E-state index contributed by atoms with van der Waals surface area (Å²) in [6.45, 7) is 0. The Balaban J connectivity index is 1.56. The predicted octanol–water partition coefficient (Wildman–Crippen LogP) is 4.67. The van der Waals surface area contributed by atoms with Crippen LogP contribution in [-0.2, 0) is 9.59 Å². The summed E-state index contributed by atoms with van der Waals surface area (Å²) in [7, 11) is 0. The van der Waals surface area contributed by atoms with Crippen molar-refractivity contribution in [3.8, 4) is 0 Å². The first kappa shape index (κ1) is 19.3. The zero-order valence-corrected chi connectivity index (χ0v) is 16.9. The number of benzene rings is 2. The molecule has 0 bridgehead atoms. The summed E-state index contributed by atoms with van der Waals surface area (Å²) in [5.74, 6) is -1.73. The lowest BCUT2D eigenvalue weighted by Gasteiger charge is -2.31. The molecule has 1 heterocycles. The van der Waals surface area contributed by atoms with Crippen LogP contribution in [0.15, 0.2) is 84.5 Å². The van der Waals surface area contributed by atoms with E-state index in [1.807, 2.05) is 42.5 Å². The molecule has 2 aromatic rings. The number of rotatable bonds is 3. The molecule has 4 rings (SSSR count). The molecule has 0 radical (unpaired) electrons. The SMILES string of the molecule is O=C1NC(=S)N(c2ccc(Cl)cc2)C(=O)C1C=C1C=CC(c2ccccc2)=CC1. The largest absolute Gasteiger partial charge is 0.301 e. The van der Waals surface area contributed by atoms with E-state index in [0.717, 1.165) is 16.7 Å². The molecule has 2 aromatic carbocycles. The number of nitrogens with zero attached hydrogens (tertiary/aromatic N) is 1. The first-order valence-corrected chi connectivity index (χ1v) is 9.90. The van der Waals surface area contributed by atoms with Gasteiger partial charge in [0, 0.05) is 5.02 Å². The fourth-order valence-electron chi connectivity index (χ4n) is 3.32. The molecule has 1 saturated heterocycles. The monoisotopic (exact) mass is 420 g/mol. The number of thiocarbonyl (C=S) groups is 1. The standard InChI is InChI=1S/C23H17ClN2O2S/c24-18-10-12-19(13-11-18)26-22(28)20(21(27)25-23(26)29)14-15-6-8-17(9-7-15)16-4-2-1-3-5-16/h1-6,8-14,20H,7H2,(H,25,27,29). The van der Waals surface area contributed by atoms with Crippen LogP contribution in [0.2, 0.25) is 5.02 Å². The van der Waals surface area contributed by atoms with Crippen molar-refractivity contribution in [3.63, 3.8) is 0 Å². The highest BCUT2D eigenvalue weighted by atomic mass is 35.5. The van der Waals surface area contributed by atoms with E-state index < -0.39 is 11.8 Å². The van der Waals surface area contributed by atoms with E-state index in [4.69, 9.17) is 23.8 Å². The van der Waals surface area contributed by atoms with Gasteiger partial charge in [0.15, 0.2) is 5.11 Å². The highest BCUT2D eigenvalue weighted by molar-refractivity contribution is 7.80. The second kappa shape index (κ2) is 8.15. The van der Waals surface area contributed by atoms with Crippen LogP contribution < -0.4 is 10.2 Å². The van der Waals surface area contributed by atoms with Gasteiger partial charge >= 0.3 is 0 Å². The zero-order valence-electron chi connectivity index (χ0n) is 15.3. The topological polar surface area (TPSA) is 49.4 Å². The van der Waals surface area contributed by atoms with E-state index in [0.29, 0.717) is 17.1 Å². The molecule has 144 valence electrons. The minimum absolute atomic E-state index is 0.0717. The summed E-state index contributed by atoms with van der Waals surface area (Å²) in [5, 5.41) is 3.26. The van der Waals surface area contributed by atoms with Crippen molar-refractivity contribution in [2.75, 3.05) is 4.90 Å². The Kier molecular flexibility index (Phi) is 5.43. The average Bonchev–Trinajstić information content (AvgIpc) is 2.73. The summed E-state index contributed by atoms with van der Waals surface area (Å²) in [5.41, 5.74) is 3.72. The molecule has 1 unspecified atom stereocenters. The highest BCUT2D eigenvalue weighted by Crippen LogP contribution is 2.27. The van der Waals surface area contributed by atoms with Crippen LogP contribution in [0.1, 0.15) is 12.0 Å². The first-order valence-electron chi connectivity index (χ1n) is 9.11. The molecular weight excluding hydrogens is 404 g/mol. The number of nitrogens with one attached hydrogen (secondary N) is 1. The lowest BCUT2D eigenvalue weighted by molar-refractivity contribution is -0.131. The van der Waals surface area contributed by atoms with Gasteiger partial charge in [-0.3, -0.25) is 14.5 Å². The van der Waals surface area contributed by atoms with Crippen LogP contribution >= 0.6 is 23.8 Å². The molecule has 0 spiro atoms. The number of carbonyl (C=O) groups excluding carboxylic acids is 2. The average molecular weight is 421 g/mol. The summed E-state index contributed by atoms with van der Waals surface area (Å²) in [4.78, 5) is 26.8. The van der Waals surface area contributed by atoms with Gasteiger partial charge in [0.2, 0.25) is 11.8 Å². The Morgan fingerprint density at radius 2 is 1.76 bits per heavy atom. The quantitative estimate of drug-likeness (QED) is 0.579. The molecule has 1 atom stereocenters. The smallest absolute Gasteiger partial charge is 0.249 e. The second-order valence-corrected chi connectivity index (χ2v) is 7.55. The van der Waals surface area contributed by atoms with Gasteiger partial charge in [-0.15, -0.1) is 0 Å². The van der Waals surface area contributed by atoms with Gasteiger partial charge in [-0.25, -0.2) is 0 Å². The number of carbonyl (C=O) groups is 2. The molecule has 6 heteroatoms. The third-order valence-electron chi connectivity index (χ3n) is 4.81. The van der Waals surface area contributed by atoms with Gasteiger partial charge in [0.05, 0.1) is 5.69 Å². The fourth-order valence-corrected chi connectivity index (χ4v) is 3.74. The van der Waals surface area contributed by atoms with E-state index in [-0.39, 0.29) is 11.0 Å². The van der Waals surface area contributed by atoms with E-state index in [9.17, 15) is 9.59 Å². The number of allylic oxidation sites excluding steroid dienone is 5. The molecule has 1 N–H and O–H groups in total. The molecule has 0 aromatic heterocycles. The third kappa shape index (κ3) is 4.06. The van der Waals surface area contributed by atoms with Gasteiger partial charge in [-0.05, 0) is 59.6 Å². The normalized spacial score (nSPS) is 20.7. The number of anilines is 1. The van der Waals surface area contributed by atoms with Crippen molar-refractivity contribution < 1.29 is 9.59 Å². The zero-order chi connectivity index (χ0) is 20.4. The van der Waals surface area contributed by atoms with Crippen molar-refractivity contribution in [1.29, 1.82) is 0 Å². The van der Waals surface area contributed by atoms with Crippen molar-refractivity contribution >= 4 is 52.0 Å². The molecule has 0 saturated carbocycles. The first-order chi connectivity index (χ1) is 14.0. The van der Waals surface area contributed by atoms with Gasteiger partial charge in [-0.1, -0.05) is 66.2 Å². The van der Waals surface area contributed by atoms with Crippen molar-refractivity contribution in [3.05, 3.63) is 95.1 Å². The lowest BCUT2D eigenvalue weighted by Crippen LogP contribution is -2.57. The molecule has 2 aliphatic rings. The number of hydrogen-bond donors (Lipinski definition) is 1. The highest BCUT2D eigenvalue weighted by Gasteiger charge is 2.38. The Morgan fingerprint density at radius 1 is 1.03 bits per heavy atom. The lowest BCUT2D eigenvalue weighted by atomic mass is 9.93. The van der Waals surface area contributed by atoms with Crippen LogP contribution in [0.25, 0.3) is 5.57 Å². The van der Waals surface area contributed by atoms with Crippen LogP contribution in [0.5, 0.6) is 0 Å². The van der Waals surface area contributed by atoms with Gasteiger partial charge in [-0.2, -0.15) is 0 Å². The Morgan fingerprint density at radius 3 is 2.41 bits per heavy atom. The fraction of sp³-hybridized carbons (Fsp3) is 0.0870. The maximum Gasteiger partial charge on any atom is 0.249 e. The maximum absolute atomic E-state index is 13.1. The molecular formula is C23H17ClN2O2S. The van der Waals surface area contributed by atoms with Crippen molar-refractivity contribution in [1.82, 2.24) is 5.32 Å². The van der Waals surface area contributed by atoms with Crippen LogP contribution in [0, 0.1) is 5.92 Å². The van der Waals surface area contributed by atoms with Gasteiger partial charge in [0.25, 0.3) is 0 Å². The maximum atomic E-state index is 13.1. The minimum atomic E-state index is -0.941. The minimum Gasteiger partial charge on any atom is -0.301 e. The summed E-state index contributed by atoms with van der Waals surface area (Å²) in [6.07, 6.45) is 8.38. The molecule has 1 aliphatic carbocycles. The molecule has 1 aliphatic heterocycles. The van der Waals surface area contributed by atoms with Crippen LogP contribution in [0.3, 0.4) is 0 Å². The van der Waals surface area contributed by atoms with E-state index >= 15 is 0 Å². The van der Waals surface area contributed by atoms with E-state index in [1.165, 1.54) is 4.90 Å². The predicted molar refractivity (Wildman–Crippen MR) is 119 cm³/mol. The summed E-state index contributed by atoms with van der Waals surface area (Å²) in [6, 6.07) is 16.8.